The van der Waals surface area contributed by atoms with Gasteiger partial charge < -0.3 is 0 Å². The predicted octanol–water partition coefficient (Wildman–Crippen LogP) is 0.545. The summed E-state index contributed by atoms with van der Waals surface area (Å²) in [5.74, 6) is -0.564. The number of benzene rings is 1. The lowest BCUT2D eigenvalue weighted by Crippen LogP contribution is -2.14. The Morgan fingerprint density at radius 3 is 2.84 bits per heavy atom. The van der Waals surface area contributed by atoms with Crippen molar-refractivity contribution >= 4 is 22.8 Å². The summed E-state index contributed by atoms with van der Waals surface area (Å²) in [6.45, 7) is 0. The third-order valence-corrected chi connectivity index (χ3v) is 2.49. The SMILES string of the molecule is Cn1nnc(NC(=O)c2nn(F)c3ccccc23)n1. The van der Waals surface area contributed by atoms with Crippen LogP contribution in [0.5, 0.6) is 0 Å². The number of hydrogen-bond acceptors (Lipinski definition) is 5. The number of tetrazole rings is 1. The van der Waals surface area contributed by atoms with Gasteiger partial charge in [-0.15, -0.1) is 10.2 Å². The van der Waals surface area contributed by atoms with Crippen LogP contribution in [0.4, 0.5) is 10.4 Å². The number of rotatable bonds is 2. The molecular formula is C10H8FN7O. The van der Waals surface area contributed by atoms with Gasteiger partial charge in [0.2, 0.25) is 0 Å². The molecule has 1 amide bonds. The third-order valence-electron chi connectivity index (χ3n) is 2.49. The van der Waals surface area contributed by atoms with Crippen LogP contribution in [0.3, 0.4) is 0 Å². The van der Waals surface area contributed by atoms with Crippen LogP contribution in [0.25, 0.3) is 10.9 Å². The highest BCUT2D eigenvalue weighted by atomic mass is 19.2. The van der Waals surface area contributed by atoms with E-state index >= 15 is 0 Å². The van der Waals surface area contributed by atoms with Crippen molar-refractivity contribution in [2.75, 3.05) is 5.32 Å². The van der Waals surface area contributed by atoms with Gasteiger partial charge in [-0.05, 0) is 11.3 Å². The molecule has 1 N–H and O–H groups in total. The van der Waals surface area contributed by atoms with Crippen LogP contribution in [0.1, 0.15) is 10.5 Å². The minimum absolute atomic E-state index is 0.0324. The molecule has 1 aromatic carbocycles. The normalized spacial score (nSPS) is 10.8. The highest BCUT2D eigenvalue weighted by molar-refractivity contribution is 6.10. The van der Waals surface area contributed by atoms with Crippen LogP contribution >= 0.6 is 0 Å². The molecule has 0 aliphatic rings. The average molecular weight is 261 g/mol. The summed E-state index contributed by atoms with van der Waals surface area (Å²) in [5.41, 5.74) is 0.185. The monoisotopic (exact) mass is 261 g/mol. The number of hydrogen-bond donors (Lipinski definition) is 1. The molecule has 0 atom stereocenters. The van der Waals surface area contributed by atoms with E-state index in [1.54, 1.807) is 25.2 Å². The Bertz CT molecular complexity index is 762. The van der Waals surface area contributed by atoms with Crippen LogP contribution in [-0.2, 0) is 7.05 Å². The standard InChI is InChI=1S/C10H8FN7O/c1-17-15-10(13-16-17)12-9(19)8-6-4-2-3-5-7(6)18(11)14-8/h2-5H,1H3,(H,12,15,19). The molecule has 0 saturated carbocycles. The molecule has 0 radical (unpaired) electrons. The van der Waals surface area contributed by atoms with E-state index in [9.17, 15) is 9.28 Å². The van der Waals surface area contributed by atoms with Gasteiger partial charge in [0.25, 0.3) is 11.9 Å². The maximum absolute atomic E-state index is 13.5. The largest absolute Gasteiger partial charge is 0.286 e. The van der Waals surface area contributed by atoms with Gasteiger partial charge in [-0.3, -0.25) is 10.1 Å². The van der Waals surface area contributed by atoms with E-state index in [0.717, 1.165) is 0 Å². The smallest absolute Gasteiger partial charge is 0.279 e. The first-order valence-corrected chi connectivity index (χ1v) is 5.34. The second kappa shape index (κ2) is 4.12. The molecular weight excluding hydrogens is 253 g/mol. The maximum Gasteiger partial charge on any atom is 0.279 e. The molecule has 8 nitrogen and oxygen atoms in total. The molecule has 2 heterocycles. The van der Waals surface area contributed by atoms with Crippen molar-refractivity contribution in [3.05, 3.63) is 30.0 Å². The number of fused-ring (bicyclic) bond motifs is 1. The summed E-state index contributed by atoms with van der Waals surface area (Å²) in [5, 5.41) is 17.3. The Kier molecular flexibility index (Phi) is 2.44. The number of aromatic nitrogens is 6. The number of amides is 1. The summed E-state index contributed by atoms with van der Waals surface area (Å²) < 4.78 is 13.5. The van der Waals surface area contributed by atoms with E-state index in [-0.39, 0.29) is 22.1 Å². The van der Waals surface area contributed by atoms with Crippen molar-refractivity contribution < 1.29 is 9.28 Å². The predicted molar refractivity (Wildman–Crippen MR) is 63.0 cm³/mol. The summed E-state index contributed by atoms with van der Waals surface area (Å²) >= 11 is 0. The van der Waals surface area contributed by atoms with Gasteiger partial charge >= 0.3 is 0 Å². The van der Waals surface area contributed by atoms with Gasteiger partial charge in [-0.2, -0.15) is 4.80 Å². The second-order valence-corrected chi connectivity index (χ2v) is 3.78. The minimum Gasteiger partial charge on any atom is -0.286 e. The molecule has 3 aromatic rings. The van der Waals surface area contributed by atoms with Gasteiger partial charge in [0.05, 0.1) is 7.05 Å². The molecule has 0 spiro atoms. The van der Waals surface area contributed by atoms with Crippen LogP contribution in [-0.4, -0.2) is 36.1 Å². The number of halogens is 1. The number of carbonyl (C=O) groups is 1. The Labute approximate surface area is 105 Å². The topological polar surface area (TPSA) is 90.5 Å². The highest BCUT2D eigenvalue weighted by Crippen LogP contribution is 2.18. The molecule has 3 rings (SSSR count). The summed E-state index contributed by atoms with van der Waals surface area (Å²) in [7, 11) is 1.56. The molecule has 0 saturated heterocycles. The first-order valence-electron chi connectivity index (χ1n) is 5.34. The molecule has 19 heavy (non-hydrogen) atoms. The number of nitrogens with zero attached hydrogens (tertiary/aromatic N) is 6. The van der Waals surface area contributed by atoms with Gasteiger partial charge in [0.15, 0.2) is 5.69 Å². The molecule has 0 bridgehead atoms. The number of carbonyl (C=O) groups excluding carboxylic acids is 1. The van der Waals surface area contributed by atoms with Gasteiger partial charge in [0.1, 0.15) is 5.52 Å². The zero-order valence-electron chi connectivity index (χ0n) is 9.78. The van der Waals surface area contributed by atoms with E-state index in [1.807, 2.05) is 0 Å². The molecule has 9 heteroatoms. The Morgan fingerprint density at radius 1 is 1.32 bits per heavy atom. The van der Waals surface area contributed by atoms with E-state index in [2.05, 4.69) is 25.8 Å². The number of anilines is 1. The van der Waals surface area contributed by atoms with Crippen molar-refractivity contribution in [2.45, 2.75) is 0 Å². The first-order chi connectivity index (χ1) is 9.15. The van der Waals surface area contributed by atoms with Crippen LogP contribution in [0.2, 0.25) is 0 Å². The lowest BCUT2D eigenvalue weighted by molar-refractivity contribution is 0.101. The van der Waals surface area contributed by atoms with Crippen molar-refractivity contribution in [1.82, 2.24) is 30.2 Å². The van der Waals surface area contributed by atoms with Crippen molar-refractivity contribution in [1.29, 1.82) is 0 Å². The third kappa shape index (κ3) is 1.90. The van der Waals surface area contributed by atoms with E-state index in [0.29, 0.717) is 5.39 Å². The Balaban J connectivity index is 1.98. The lowest BCUT2D eigenvalue weighted by Gasteiger charge is -1.96. The molecule has 0 aliphatic heterocycles. The van der Waals surface area contributed by atoms with Crippen LogP contribution in [0, 0.1) is 0 Å². The Hall–Kier alpha value is -2.84. The maximum atomic E-state index is 13.5. The van der Waals surface area contributed by atoms with Crippen molar-refractivity contribution in [3.8, 4) is 0 Å². The summed E-state index contributed by atoms with van der Waals surface area (Å²) in [6.07, 6.45) is 0. The summed E-state index contributed by atoms with van der Waals surface area (Å²) in [4.78, 5) is 13.3. The zero-order chi connectivity index (χ0) is 13.4. The van der Waals surface area contributed by atoms with E-state index < -0.39 is 5.91 Å². The molecule has 0 unspecified atom stereocenters. The van der Waals surface area contributed by atoms with E-state index in [4.69, 9.17) is 0 Å². The second-order valence-electron chi connectivity index (χ2n) is 3.78. The fraction of sp³-hybridized carbons (Fsp3) is 0.100. The van der Waals surface area contributed by atoms with E-state index in [1.165, 1.54) is 10.9 Å². The van der Waals surface area contributed by atoms with Gasteiger partial charge in [-0.1, -0.05) is 32.7 Å². The van der Waals surface area contributed by atoms with Crippen molar-refractivity contribution in [2.24, 2.45) is 7.05 Å². The zero-order valence-corrected chi connectivity index (χ0v) is 9.78. The number of nitrogens with one attached hydrogen (secondary N) is 1. The van der Waals surface area contributed by atoms with Crippen molar-refractivity contribution in [3.63, 3.8) is 0 Å². The average Bonchev–Trinajstić information content (AvgIpc) is 2.95. The fourth-order valence-electron chi connectivity index (χ4n) is 1.69. The number of para-hydroxylation sites is 1. The molecule has 96 valence electrons. The minimum atomic E-state index is -0.597. The number of aryl methyl sites for hydroxylation is 1. The van der Waals surface area contributed by atoms with Gasteiger partial charge in [-0.25, -0.2) is 0 Å². The quantitative estimate of drug-likeness (QED) is 0.727. The lowest BCUT2D eigenvalue weighted by atomic mass is 10.2. The first kappa shape index (κ1) is 11.3. The fourth-order valence-corrected chi connectivity index (χ4v) is 1.69. The highest BCUT2D eigenvalue weighted by Gasteiger charge is 2.18. The Morgan fingerprint density at radius 2 is 2.11 bits per heavy atom. The molecule has 0 aliphatic carbocycles. The van der Waals surface area contributed by atoms with Crippen LogP contribution < -0.4 is 5.32 Å². The summed E-state index contributed by atoms with van der Waals surface area (Å²) in [6, 6.07) is 6.49. The molecule has 0 fully saturated rings. The van der Waals surface area contributed by atoms with Gasteiger partial charge in [0, 0.05) is 5.39 Å². The molecule has 2 aromatic heterocycles. The van der Waals surface area contributed by atoms with Crippen LogP contribution in [0.15, 0.2) is 24.3 Å².